The SMILES string of the molecule is COC(=O)c1scc(C)c1NC(=O)c1cncnc1. The van der Waals surface area contributed by atoms with Crippen LogP contribution in [0.3, 0.4) is 0 Å². The van der Waals surface area contributed by atoms with Gasteiger partial charge in [-0.1, -0.05) is 0 Å². The topological polar surface area (TPSA) is 81.2 Å². The summed E-state index contributed by atoms with van der Waals surface area (Å²) in [4.78, 5) is 31.5. The Labute approximate surface area is 113 Å². The summed E-state index contributed by atoms with van der Waals surface area (Å²) in [5, 5.41) is 4.46. The molecule has 2 aromatic heterocycles. The van der Waals surface area contributed by atoms with E-state index in [0.717, 1.165) is 5.56 Å². The number of esters is 1. The average molecular weight is 277 g/mol. The molecule has 0 fully saturated rings. The summed E-state index contributed by atoms with van der Waals surface area (Å²) in [7, 11) is 1.30. The first kappa shape index (κ1) is 13.2. The Bertz CT molecular complexity index is 610. The number of hydrogen-bond acceptors (Lipinski definition) is 6. The zero-order chi connectivity index (χ0) is 13.8. The third kappa shape index (κ3) is 2.76. The van der Waals surface area contributed by atoms with Crippen LogP contribution in [0.25, 0.3) is 0 Å². The number of aromatic nitrogens is 2. The second-order valence-electron chi connectivity index (χ2n) is 3.70. The number of ether oxygens (including phenoxy) is 1. The van der Waals surface area contributed by atoms with E-state index in [4.69, 9.17) is 0 Å². The van der Waals surface area contributed by atoms with Gasteiger partial charge in [-0.15, -0.1) is 11.3 Å². The van der Waals surface area contributed by atoms with Gasteiger partial charge in [0.25, 0.3) is 5.91 Å². The first-order chi connectivity index (χ1) is 9.13. The van der Waals surface area contributed by atoms with Gasteiger partial charge in [0.1, 0.15) is 11.2 Å². The van der Waals surface area contributed by atoms with Crippen molar-refractivity contribution in [3.63, 3.8) is 0 Å². The van der Waals surface area contributed by atoms with Gasteiger partial charge in [-0.3, -0.25) is 4.79 Å². The number of thiophene rings is 1. The van der Waals surface area contributed by atoms with Gasteiger partial charge in [-0.05, 0) is 17.9 Å². The Balaban J connectivity index is 2.27. The Morgan fingerprint density at radius 2 is 2.00 bits per heavy atom. The van der Waals surface area contributed by atoms with Crippen molar-refractivity contribution < 1.29 is 14.3 Å². The standard InChI is InChI=1S/C12H11N3O3S/c1-7-5-19-10(12(17)18-2)9(7)15-11(16)8-3-13-6-14-4-8/h3-6H,1-2H3,(H,15,16). The van der Waals surface area contributed by atoms with E-state index in [0.29, 0.717) is 16.1 Å². The van der Waals surface area contributed by atoms with E-state index in [-0.39, 0.29) is 5.91 Å². The molecule has 1 N–H and O–H groups in total. The van der Waals surface area contributed by atoms with Gasteiger partial charge in [0.05, 0.1) is 18.4 Å². The quantitative estimate of drug-likeness (QED) is 0.866. The van der Waals surface area contributed by atoms with Crippen molar-refractivity contribution in [2.45, 2.75) is 6.92 Å². The molecule has 7 heteroatoms. The number of nitrogens with zero attached hydrogens (tertiary/aromatic N) is 2. The molecule has 0 saturated carbocycles. The zero-order valence-corrected chi connectivity index (χ0v) is 11.2. The number of aryl methyl sites for hydroxylation is 1. The van der Waals surface area contributed by atoms with Crippen molar-refractivity contribution in [1.82, 2.24) is 9.97 Å². The summed E-state index contributed by atoms with van der Waals surface area (Å²) in [6.07, 6.45) is 4.15. The van der Waals surface area contributed by atoms with E-state index in [2.05, 4.69) is 20.0 Å². The normalized spacial score (nSPS) is 10.0. The minimum Gasteiger partial charge on any atom is -0.465 e. The molecule has 1 amide bonds. The molecule has 0 saturated heterocycles. The second-order valence-corrected chi connectivity index (χ2v) is 4.58. The molecule has 0 radical (unpaired) electrons. The lowest BCUT2D eigenvalue weighted by molar-refractivity contribution is 0.0607. The summed E-state index contributed by atoms with van der Waals surface area (Å²) in [5.74, 6) is -0.843. The van der Waals surface area contributed by atoms with Crippen LogP contribution in [0.1, 0.15) is 25.6 Å². The van der Waals surface area contributed by atoms with E-state index < -0.39 is 5.97 Å². The van der Waals surface area contributed by atoms with Crippen molar-refractivity contribution in [3.8, 4) is 0 Å². The van der Waals surface area contributed by atoms with E-state index in [9.17, 15) is 9.59 Å². The first-order valence-electron chi connectivity index (χ1n) is 5.36. The van der Waals surface area contributed by atoms with Gasteiger partial charge in [-0.25, -0.2) is 14.8 Å². The maximum Gasteiger partial charge on any atom is 0.350 e. The van der Waals surface area contributed by atoms with Crippen molar-refractivity contribution in [1.29, 1.82) is 0 Å². The highest BCUT2D eigenvalue weighted by atomic mass is 32.1. The van der Waals surface area contributed by atoms with Crippen molar-refractivity contribution in [2.24, 2.45) is 0 Å². The van der Waals surface area contributed by atoms with Crippen LogP contribution in [0.5, 0.6) is 0 Å². The van der Waals surface area contributed by atoms with Crippen LogP contribution in [0, 0.1) is 6.92 Å². The number of hydrogen-bond donors (Lipinski definition) is 1. The maximum absolute atomic E-state index is 12.0. The van der Waals surface area contributed by atoms with Crippen LogP contribution in [0.4, 0.5) is 5.69 Å². The Morgan fingerprint density at radius 1 is 1.32 bits per heavy atom. The summed E-state index contributed by atoms with van der Waals surface area (Å²) in [6.45, 7) is 1.81. The molecule has 0 aliphatic rings. The minimum absolute atomic E-state index is 0.323. The highest BCUT2D eigenvalue weighted by molar-refractivity contribution is 7.12. The third-order valence-electron chi connectivity index (χ3n) is 2.41. The maximum atomic E-state index is 12.0. The van der Waals surface area contributed by atoms with E-state index in [1.54, 1.807) is 12.3 Å². The Kier molecular flexibility index (Phi) is 3.86. The fourth-order valence-electron chi connectivity index (χ4n) is 1.44. The zero-order valence-electron chi connectivity index (χ0n) is 10.3. The molecule has 0 bridgehead atoms. The van der Waals surface area contributed by atoms with Crippen molar-refractivity contribution >= 4 is 28.9 Å². The fourth-order valence-corrected chi connectivity index (χ4v) is 2.37. The number of amides is 1. The number of rotatable bonds is 3. The molecule has 6 nitrogen and oxygen atoms in total. The second kappa shape index (κ2) is 5.57. The average Bonchev–Trinajstić information content (AvgIpc) is 2.80. The summed E-state index contributed by atoms with van der Waals surface area (Å²) < 4.78 is 4.67. The molecule has 98 valence electrons. The first-order valence-corrected chi connectivity index (χ1v) is 6.24. The number of carbonyl (C=O) groups is 2. The highest BCUT2D eigenvalue weighted by Gasteiger charge is 2.19. The van der Waals surface area contributed by atoms with E-state index >= 15 is 0 Å². The number of anilines is 1. The molecule has 0 aromatic carbocycles. The van der Waals surface area contributed by atoms with Gasteiger partial charge < -0.3 is 10.1 Å². The highest BCUT2D eigenvalue weighted by Crippen LogP contribution is 2.28. The Morgan fingerprint density at radius 3 is 2.63 bits per heavy atom. The Hall–Kier alpha value is -2.28. The van der Waals surface area contributed by atoms with Crippen LogP contribution >= 0.6 is 11.3 Å². The van der Waals surface area contributed by atoms with Crippen LogP contribution in [0.2, 0.25) is 0 Å². The van der Waals surface area contributed by atoms with Crippen LogP contribution in [-0.2, 0) is 4.74 Å². The van der Waals surface area contributed by atoms with Gasteiger partial charge >= 0.3 is 5.97 Å². The number of methoxy groups -OCH3 is 1. The molecule has 2 rings (SSSR count). The summed E-state index contributed by atoms with van der Waals surface area (Å²) >= 11 is 1.23. The largest absolute Gasteiger partial charge is 0.465 e. The predicted octanol–water partition coefficient (Wildman–Crippen LogP) is 1.89. The lowest BCUT2D eigenvalue weighted by atomic mass is 10.2. The van der Waals surface area contributed by atoms with Gasteiger partial charge in [0, 0.05) is 12.4 Å². The van der Waals surface area contributed by atoms with E-state index in [1.807, 2.05) is 0 Å². The summed E-state index contributed by atoms with van der Waals surface area (Å²) in [6, 6.07) is 0. The van der Waals surface area contributed by atoms with Crippen LogP contribution in [-0.4, -0.2) is 29.0 Å². The van der Waals surface area contributed by atoms with Crippen molar-refractivity contribution in [2.75, 3.05) is 12.4 Å². The van der Waals surface area contributed by atoms with Crippen LogP contribution < -0.4 is 5.32 Å². The van der Waals surface area contributed by atoms with Gasteiger partial charge in [0.15, 0.2) is 0 Å². The van der Waals surface area contributed by atoms with E-state index in [1.165, 1.54) is 37.2 Å². The molecule has 2 aromatic rings. The number of nitrogens with one attached hydrogen (secondary N) is 1. The molecule has 19 heavy (non-hydrogen) atoms. The van der Waals surface area contributed by atoms with Crippen LogP contribution in [0.15, 0.2) is 24.1 Å². The molecule has 2 heterocycles. The van der Waals surface area contributed by atoms with Gasteiger partial charge in [0.2, 0.25) is 0 Å². The lowest BCUT2D eigenvalue weighted by Gasteiger charge is -2.06. The molecule has 0 aliphatic heterocycles. The van der Waals surface area contributed by atoms with Gasteiger partial charge in [-0.2, -0.15) is 0 Å². The molecule has 0 unspecified atom stereocenters. The summed E-state index contributed by atoms with van der Waals surface area (Å²) in [5.41, 5.74) is 1.59. The third-order valence-corrected chi connectivity index (χ3v) is 3.48. The molecule has 0 aliphatic carbocycles. The minimum atomic E-state index is -0.474. The molecular weight excluding hydrogens is 266 g/mol. The predicted molar refractivity (Wildman–Crippen MR) is 70.4 cm³/mol. The fraction of sp³-hybridized carbons (Fsp3) is 0.167. The monoisotopic (exact) mass is 277 g/mol. The molecule has 0 spiro atoms. The lowest BCUT2D eigenvalue weighted by Crippen LogP contribution is -2.15. The number of carbonyl (C=O) groups excluding carboxylic acids is 2. The molecule has 0 atom stereocenters. The van der Waals surface area contributed by atoms with Crippen molar-refractivity contribution in [3.05, 3.63) is 40.1 Å². The molecular formula is C12H11N3O3S. The smallest absolute Gasteiger partial charge is 0.350 e.